The van der Waals surface area contributed by atoms with Crippen molar-refractivity contribution in [3.05, 3.63) is 81.7 Å². The largest absolute Gasteiger partial charge is 0.509 e. The lowest BCUT2D eigenvalue weighted by atomic mass is 10.0. The molecular weight excluding hydrogens is 558 g/mol. The first-order chi connectivity index (χ1) is 17.2. The Morgan fingerprint density at radius 2 is 1.86 bits per heavy atom. The minimum Gasteiger partial charge on any atom is -0.509 e. The Morgan fingerprint density at radius 3 is 2.39 bits per heavy atom. The first kappa shape index (κ1) is 26.9. The number of carbonyl (C=O) groups excluding carboxylic acids is 4. The predicted molar refractivity (Wildman–Crippen MR) is 135 cm³/mol. The molecule has 188 valence electrons. The van der Waals surface area contributed by atoms with Crippen molar-refractivity contribution >= 4 is 62.5 Å². The van der Waals surface area contributed by atoms with Gasteiger partial charge in [0.05, 0.1) is 10.3 Å². The third-order valence-electron chi connectivity index (χ3n) is 5.21. The lowest BCUT2D eigenvalue weighted by Crippen LogP contribution is -2.70. The normalized spacial score (nSPS) is 17.5. The van der Waals surface area contributed by atoms with E-state index in [9.17, 15) is 34.4 Å². The summed E-state index contributed by atoms with van der Waals surface area (Å²) in [5.41, 5.74) is 0.722. The number of halogens is 1. The van der Waals surface area contributed by atoms with Gasteiger partial charge in [0.2, 0.25) is 5.91 Å². The fourth-order valence-electron chi connectivity index (χ4n) is 3.59. The first-order valence-corrected chi connectivity index (χ1v) is 12.4. The van der Waals surface area contributed by atoms with E-state index in [1.807, 2.05) is 0 Å². The van der Waals surface area contributed by atoms with Crippen LogP contribution in [-0.4, -0.2) is 55.1 Å². The average molecular weight is 578 g/mol. The molecule has 3 rings (SSSR count). The molecule has 36 heavy (non-hydrogen) atoms. The molecule has 0 aliphatic carbocycles. The van der Waals surface area contributed by atoms with Gasteiger partial charge in [-0.1, -0.05) is 45.9 Å². The number of allylic oxidation sites excluding steroid dienone is 1. The maximum Gasteiger partial charge on any atom is 0.358 e. The molecule has 1 fully saturated rings. The summed E-state index contributed by atoms with van der Waals surface area (Å²) in [6.45, 7) is 0.979. The first-order valence-electron chi connectivity index (χ1n) is 10.4. The summed E-state index contributed by atoms with van der Waals surface area (Å²) in [4.78, 5) is 62.5. The number of nitro groups is 1. The van der Waals surface area contributed by atoms with Crippen molar-refractivity contribution in [2.45, 2.75) is 24.9 Å². The van der Waals surface area contributed by atoms with Gasteiger partial charge < -0.3 is 9.84 Å². The van der Waals surface area contributed by atoms with Crippen LogP contribution >= 0.6 is 27.7 Å². The number of hydrogen-bond donors (Lipinski definition) is 1. The van der Waals surface area contributed by atoms with Crippen LogP contribution in [0.3, 0.4) is 0 Å². The van der Waals surface area contributed by atoms with Gasteiger partial charge in [0.25, 0.3) is 11.6 Å². The maximum absolute atomic E-state index is 13.3. The van der Waals surface area contributed by atoms with Crippen LogP contribution in [0.15, 0.2) is 66.1 Å². The van der Waals surface area contributed by atoms with Crippen molar-refractivity contribution in [1.82, 2.24) is 4.90 Å². The third-order valence-corrected chi connectivity index (χ3v) is 6.60. The number of carbonyl (C=O) groups is 4. The molecule has 1 N–H and O–H groups in total. The minimum atomic E-state index is -1.11. The number of thioether (sulfide) groups is 1. The number of para-hydroxylation sites is 1. The number of esters is 1. The van der Waals surface area contributed by atoms with Gasteiger partial charge in [-0.25, -0.2) is 4.79 Å². The summed E-state index contributed by atoms with van der Waals surface area (Å²) >= 11 is 3.72. The van der Waals surface area contributed by atoms with Gasteiger partial charge in [-0.15, -0.1) is 0 Å². The van der Waals surface area contributed by atoms with E-state index in [0.29, 0.717) is 28.6 Å². The fraction of sp³-hybridized carbons (Fsp3) is 0.217. The second kappa shape index (κ2) is 11.8. The molecule has 2 atom stereocenters. The Hall–Kier alpha value is -3.71. The highest BCUT2D eigenvalue weighted by Crippen LogP contribution is 2.39. The zero-order valence-electron chi connectivity index (χ0n) is 18.8. The van der Waals surface area contributed by atoms with Crippen molar-refractivity contribution in [3.63, 3.8) is 0 Å². The number of benzene rings is 2. The highest BCUT2D eigenvalue weighted by molar-refractivity contribution is 9.09. The number of β-lactam (4-membered cyclic amide) rings is 1. The van der Waals surface area contributed by atoms with Gasteiger partial charge in [0, 0.05) is 24.7 Å². The van der Waals surface area contributed by atoms with Crippen LogP contribution in [0.2, 0.25) is 0 Å². The molecular formula is C23H20BrN3O8S. The molecule has 1 saturated heterocycles. The highest BCUT2D eigenvalue weighted by Gasteiger charge is 2.55. The van der Waals surface area contributed by atoms with Crippen LogP contribution < -0.4 is 4.90 Å². The van der Waals surface area contributed by atoms with E-state index in [-0.39, 0.29) is 17.6 Å². The molecule has 0 saturated carbocycles. The summed E-state index contributed by atoms with van der Waals surface area (Å²) in [7, 11) is 0. The number of likely N-dealkylation sites (tertiary alicyclic amines) is 1. The number of aliphatic hydroxyl groups excluding tert-OH is 1. The van der Waals surface area contributed by atoms with Crippen molar-refractivity contribution in [1.29, 1.82) is 0 Å². The van der Waals surface area contributed by atoms with E-state index in [4.69, 9.17) is 4.74 Å². The van der Waals surface area contributed by atoms with Crippen LogP contribution in [-0.2, 0) is 30.5 Å². The molecule has 0 aromatic heterocycles. The highest BCUT2D eigenvalue weighted by atomic mass is 79.9. The zero-order chi connectivity index (χ0) is 26.4. The van der Waals surface area contributed by atoms with Crippen LogP contribution in [0, 0.1) is 10.1 Å². The van der Waals surface area contributed by atoms with Gasteiger partial charge in [0.15, 0.2) is 11.3 Å². The molecule has 0 spiro atoms. The van der Waals surface area contributed by atoms with E-state index in [0.717, 1.165) is 4.90 Å². The third kappa shape index (κ3) is 5.57. The van der Waals surface area contributed by atoms with Gasteiger partial charge >= 0.3 is 5.97 Å². The number of amides is 2. The minimum absolute atomic E-state index is 0.137. The topological polar surface area (TPSA) is 147 Å². The number of nitro benzene ring substituents is 1. The second-order valence-corrected chi connectivity index (χ2v) is 8.94. The Labute approximate surface area is 218 Å². The molecule has 1 heterocycles. The Bertz CT molecular complexity index is 1210. The number of hydrogen-bond acceptors (Lipinski definition) is 9. The summed E-state index contributed by atoms with van der Waals surface area (Å²) < 4.78 is 5.25. The molecule has 2 amide bonds. The second-order valence-electron chi connectivity index (χ2n) is 7.43. The number of ether oxygens (including phenoxy) is 1. The van der Waals surface area contributed by atoms with Crippen LogP contribution in [0.1, 0.15) is 12.5 Å². The van der Waals surface area contributed by atoms with E-state index in [1.54, 1.807) is 30.3 Å². The fourth-order valence-corrected chi connectivity index (χ4v) is 4.69. The van der Waals surface area contributed by atoms with E-state index in [1.165, 1.54) is 36.1 Å². The van der Waals surface area contributed by atoms with E-state index >= 15 is 0 Å². The molecule has 2 unspecified atom stereocenters. The van der Waals surface area contributed by atoms with E-state index in [2.05, 4.69) is 15.9 Å². The Morgan fingerprint density at radius 1 is 1.22 bits per heavy atom. The lowest BCUT2D eigenvalue weighted by Gasteiger charge is -2.49. The van der Waals surface area contributed by atoms with Crippen molar-refractivity contribution < 1.29 is 33.9 Å². The lowest BCUT2D eigenvalue weighted by molar-refractivity contribution is -0.384. The number of non-ortho nitro benzene ring substituents is 1. The maximum atomic E-state index is 13.3. The molecule has 0 radical (unpaired) electrons. The Balaban J connectivity index is 1.87. The SMILES string of the molecule is CC(=O)N(c1ccccc1)C1C(=O)N(C(C(=O)OCc2ccc([N+](=O)[O-])cc2)=C(O)CBr)C1SC=O. The van der Waals surface area contributed by atoms with Crippen molar-refractivity contribution in [3.8, 4) is 0 Å². The van der Waals surface area contributed by atoms with Crippen LogP contribution in [0.25, 0.3) is 0 Å². The van der Waals surface area contributed by atoms with Gasteiger partial charge in [-0.2, -0.15) is 0 Å². The molecule has 1 aliphatic heterocycles. The number of rotatable bonds is 10. The zero-order valence-corrected chi connectivity index (χ0v) is 21.2. The monoisotopic (exact) mass is 577 g/mol. The summed E-state index contributed by atoms with van der Waals surface area (Å²) in [5, 5.41) is 20.1. The van der Waals surface area contributed by atoms with Crippen molar-refractivity contribution in [2.24, 2.45) is 0 Å². The predicted octanol–water partition coefficient (Wildman–Crippen LogP) is 3.32. The quantitative estimate of drug-likeness (QED) is 0.0655. The molecule has 0 bridgehead atoms. The summed E-state index contributed by atoms with van der Waals surface area (Å²) in [6.07, 6.45) is 0. The molecule has 1 aliphatic rings. The van der Waals surface area contributed by atoms with Crippen LogP contribution in [0.5, 0.6) is 0 Å². The molecule has 11 nitrogen and oxygen atoms in total. The number of aliphatic hydroxyl groups is 1. The van der Waals surface area contributed by atoms with Crippen molar-refractivity contribution in [2.75, 3.05) is 10.2 Å². The number of nitrogens with zero attached hydrogens (tertiary/aromatic N) is 3. The smallest absolute Gasteiger partial charge is 0.358 e. The van der Waals surface area contributed by atoms with Crippen LogP contribution in [0.4, 0.5) is 11.4 Å². The van der Waals surface area contributed by atoms with Gasteiger partial charge in [0.1, 0.15) is 23.8 Å². The van der Waals surface area contributed by atoms with Gasteiger partial charge in [-0.05, 0) is 29.8 Å². The summed E-state index contributed by atoms with van der Waals surface area (Å²) in [5.74, 6) is -2.71. The summed E-state index contributed by atoms with van der Waals surface area (Å²) in [6, 6.07) is 12.6. The van der Waals surface area contributed by atoms with E-state index < -0.39 is 45.6 Å². The van der Waals surface area contributed by atoms with Gasteiger partial charge in [-0.3, -0.25) is 34.3 Å². The molecule has 2 aromatic carbocycles. The molecule has 2 aromatic rings. The number of alkyl halides is 1. The number of anilines is 1. The standard InChI is InChI=1S/C23H20BrN3O8S/c1-14(29)25(16-5-3-2-4-6-16)20-21(31)26(22(20)36-13-28)19(18(30)11-24)23(32)35-12-15-7-9-17(10-8-15)27(33)34/h2-10,13,20,22,30H,11-12H2,1H3. The molecule has 13 heteroatoms. The Kier molecular flexibility index (Phi) is 8.83. The average Bonchev–Trinajstić information content (AvgIpc) is 2.88.